The van der Waals surface area contributed by atoms with Gasteiger partial charge in [0.2, 0.25) is 5.22 Å². The zero-order valence-electron chi connectivity index (χ0n) is 9.57. The van der Waals surface area contributed by atoms with Gasteiger partial charge in [-0.15, -0.1) is 0 Å². The number of carbonyl (C=O) groups excluding carboxylic acids is 1. The number of halogens is 1. The van der Waals surface area contributed by atoms with E-state index in [-0.39, 0.29) is 11.1 Å². The van der Waals surface area contributed by atoms with Gasteiger partial charge in [-0.2, -0.15) is 0 Å². The van der Waals surface area contributed by atoms with E-state index in [4.69, 9.17) is 16.0 Å². The normalized spacial score (nSPS) is 20.8. The number of hydrogen-bond acceptors (Lipinski definition) is 2. The summed E-state index contributed by atoms with van der Waals surface area (Å²) in [5.41, 5.74) is 0.481. The molecule has 1 saturated heterocycles. The van der Waals surface area contributed by atoms with E-state index in [1.165, 1.54) is 6.26 Å². The highest BCUT2D eigenvalue weighted by atomic mass is 35.5. The molecule has 2 rings (SSSR count). The summed E-state index contributed by atoms with van der Waals surface area (Å²) < 4.78 is 4.96. The van der Waals surface area contributed by atoms with E-state index < -0.39 is 0 Å². The second-order valence-electron chi connectivity index (χ2n) is 4.56. The van der Waals surface area contributed by atoms with Crippen LogP contribution >= 0.6 is 11.6 Å². The Balaban J connectivity index is 2.19. The van der Waals surface area contributed by atoms with Gasteiger partial charge in [0, 0.05) is 12.6 Å². The maximum atomic E-state index is 12.2. The van der Waals surface area contributed by atoms with Gasteiger partial charge < -0.3 is 9.32 Å². The molecule has 1 fully saturated rings. The Morgan fingerprint density at radius 3 is 2.94 bits per heavy atom. The molecule has 1 unspecified atom stereocenters. The molecule has 4 heteroatoms. The van der Waals surface area contributed by atoms with Gasteiger partial charge in [0.15, 0.2) is 0 Å². The van der Waals surface area contributed by atoms with Gasteiger partial charge in [0.1, 0.15) is 0 Å². The fraction of sp³-hybridized carbons (Fsp3) is 0.583. The van der Waals surface area contributed by atoms with Crippen molar-refractivity contribution < 1.29 is 9.21 Å². The van der Waals surface area contributed by atoms with E-state index in [0.717, 1.165) is 19.4 Å². The van der Waals surface area contributed by atoms with Crippen LogP contribution in [0.2, 0.25) is 5.22 Å². The highest BCUT2D eigenvalue weighted by molar-refractivity contribution is 6.32. The quantitative estimate of drug-likeness (QED) is 0.797. The Morgan fingerprint density at radius 2 is 2.38 bits per heavy atom. The smallest absolute Gasteiger partial charge is 0.258 e. The van der Waals surface area contributed by atoms with Crippen molar-refractivity contribution in [3.8, 4) is 0 Å². The van der Waals surface area contributed by atoms with Crippen molar-refractivity contribution in [2.75, 3.05) is 6.54 Å². The maximum absolute atomic E-state index is 12.2. The maximum Gasteiger partial charge on any atom is 0.258 e. The van der Waals surface area contributed by atoms with Crippen LogP contribution in [-0.2, 0) is 0 Å². The minimum Gasteiger partial charge on any atom is -0.452 e. The molecule has 1 aromatic heterocycles. The van der Waals surface area contributed by atoms with Crippen molar-refractivity contribution in [1.29, 1.82) is 0 Å². The summed E-state index contributed by atoms with van der Waals surface area (Å²) in [4.78, 5) is 14.1. The summed E-state index contributed by atoms with van der Waals surface area (Å²) in [7, 11) is 0. The second kappa shape index (κ2) is 4.50. The van der Waals surface area contributed by atoms with Crippen LogP contribution in [0.15, 0.2) is 16.7 Å². The molecule has 3 nitrogen and oxygen atoms in total. The van der Waals surface area contributed by atoms with Crippen LogP contribution in [-0.4, -0.2) is 23.4 Å². The first-order chi connectivity index (χ1) is 7.61. The zero-order valence-corrected chi connectivity index (χ0v) is 10.3. The van der Waals surface area contributed by atoms with Crippen molar-refractivity contribution in [3.63, 3.8) is 0 Å². The third-order valence-electron chi connectivity index (χ3n) is 3.18. The average Bonchev–Trinajstić information content (AvgIpc) is 2.84. The fourth-order valence-electron chi connectivity index (χ4n) is 2.34. The van der Waals surface area contributed by atoms with Gasteiger partial charge in [0.05, 0.1) is 11.8 Å². The molecule has 88 valence electrons. The molecule has 0 radical (unpaired) electrons. The lowest BCUT2D eigenvalue weighted by atomic mass is 10.0. The average molecular weight is 242 g/mol. The fourth-order valence-corrected chi connectivity index (χ4v) is 2.53. The third kappa shape index (κ3) is 1.96. The molecule has 1 amide bonds. The molecule has 0 spiro atoms. The van der Waals surface area contributed by atoms with Crippen LogP contribution < -0.4 is 0 Å². The Morgan fingerprint density at radius 1 is 1.62 bits per heavy atom. The Labute approximate surface area is 100 Å². The van der Waals surface area contributed by atoms with Crippen molar-refractivity contribution in [1.82, 2.24) is 4.90 Å². The predicted molar refractivity (Wildman–Crippen MR) is 62.6 cm³/mol. The first-order valence-corrected chi connectivity index (χ1v) is 6.03. The molecule has 0 aromatic carbocycles. The number of rotatable bonds is 2. The van der Waals surface area contributed by atoms with Crippen molar-refractivity contribution >= 4 is 17.5 Å². The first-order valence-electron chi connectivity index (χ1n) is 5.65. The SMILES string of the molecule is CC(C)C1CCCN1C(=O)c1ccoc1Cl. The predicted octanol–water partition coefficient (Wildman–Crippen LogP) is 3.19. The monoisotopic (exact) mass is 241 g/mol. The van der Waals surface area contributed by atoms with E-state index >= 15 is 0 Å². The number of amides is 1. The molecule has 1 aliphatic heterocycles. The molecular formula is C12H16ClNO2. The van der Waals surface area contributed by atoms with E-state index in [1.54, 1.807) is 6.07 Å². The Hall–Kier alpha value is -0.960. The summed E-state index contributed by atoms with van der Waals surface area (Å²) in [6, 6.07) is 1.97. The molecule has 0 saturated carbocycles. The van der Waals surface area contributed by atoms with Crippen LogP contribution in [0, 0.1) is 5.92 Å². The number of furan rings is 1. The molecule has 0 N–H and O–H groups in total. The van der Waals surface area contributed by atoms with Crippen LogP contribution in [0.1, 0.15) is 37.0 Å². The lowest BCUT2D eigenvalue weighted by molar-refractivity contribution is 0.0701. The Kier molecular flexibility index (Phi) is 3.24. The van der Waals surface area contributed by atoms with Gasteiger partial charge in [0.25, 0.3) is 5.91 Å². The first kappa shape index (κ1) is 11.5. The van der Waals surface area contributed by atoms with Crippen LogP contribution in [0.4, 0.5) is 0 Å². The van der Waals surface area contributed by atoms with E-state index in [1.807, 2.05) is 4.90 Å². The number of likely N-dealkylation sites (tertiary alicyclic amines) is 1. The topological polar surface area (TPSA) is 33.5 Å². The molecule has 2 heterocycles. The minimum absolute atomic E-state index is 0.00468. The minimum atomic E-state index is -0.00468. The largest absolute Gasteiger partial charge is 0.452 e. The van der Waals surface area contributed by atoms with Crippen LogP contribution in [0.3, 0.4) is 0 Å². The third-order valence-corrected chi connectivity index (χ3v) is 3.47. The molecule has 0 aliphatic carbocycles. The molecule has 1 aliphatic rings. The number of carbonyl (C=O) groups is 1. The summed E-state index contributed by atoms with van der Waals surface area (Å²) in [5, 5.41) is 0.194. The van der Waals surface area contributed by atoms with Crippen LogP contribution in [0.5, 0.6) is 0 Å². The van der Waals surface area contributed by atoms with Gasteiger partial charge in [-0.05, 0) is 36.4 Å². The van der Waals surface area contributed by atoms with E-state index in [9.17, 15) is 4.79 Å². The summed E-state index contributed by atoms with van der Waals surface area (Å²) in [6.45, 7) is 5.11. The summed E-state index contributed by atoms with van der Waals surface area (Å²) in [5.74, 6) is 0.479. The molecular weight excluding hydrogens is 226 g/mol. The standard InChI is InChI=1S/C12H16ClNO2/c1-8(2)10-4-3-6-14(10)12(15)9-5-7-16-11(9)13/h5,7-8,10H,3-4,6H2,1-2H3. The van der Waals surface area contributed by atoms with Gasteiger partial charge in [-0.1, -0.05) is 13.8 Å². The highest BCUT2D eigenvalue weighted by Crippen LogP contribution is 2.27. The van der Waals surface area contributed by atoms with E-state index in [0.29, 0.717) is 17.5 Å². The lowest BCUT2D eigenvalue weighted by Gasteiger charge is -2.27. The molecule has 1 atom stereocenters. The zero-order chi connectivity index (χ0) is 11.7. The number of hydrogen-bond donors (Lipinski definition) is 0. The Bertz CT molecular complexity index is 386. The summed E-state index contributed by atoms with van der Waals surface area (Å²) >= 11 is 5.83. The summed E-state index contributed by atoms with van der Waals surface area (Å²) in [6.07, 6.45) is 3.61. The number of nitrogens with zero attached hydrogens (tertiary/aromatic N) is 1. The molecule has 0 bridgehead atoms. The highest BCUT2D eigenvalue weighted by Gasteiger charge is 2.32. The molecule has 16 heavy (non-hydrogen) atoms. The van der Waals surface area contributed by atoms with Crippen molar-refractivity contribution in [3.05, 3.63) is 23.1 Å². The van der Waals surface area contributed by atoms with Crippen molar-refractivity contribution in [2.24, 2.45) is 5.92 Å². The molecule has 1 aromatic rings. The second-order valence-corrected chi connectivity index (χ2v) is 4.90. The van der Waals surface area contributed by atoms with Crippen molar-refractivity contribution in [2.45, 2.75) is 32.7 Å². The van der Waals surface area contributed by atoms with Crippen LogP contribution in [0.25, 0.3) is 0 Å². The van der Waals surface area contributed by atoms with Gasteiger partial charge in [-0.3, -0.25) is 4.79 Å². The van der Waals surface area contributed by atoms with Gasteiger partial charge in [-0.25, -0.2) is 0 Å². The lowest BCUT2D eigenvalue weighted by Crippen LogP contribution is -2.38. The van der Waals surface area contributed by atoms with E-state index in [2.05, 4.69) is 13.8 Å². The van der Waals surface area contributed by atoms with Gasteiger partial charge >= 0.3 is 0 Å².